The molecule has 2 nitrogen and oxygen atoms in total. The predicted octanol–water partition coefficient (Wildman–Crippen LogP) is 2.07. The van der Waals surface area contributed by atoms with Crippen molar-refractivity contribution in [2.75, 3.05) is 13.2 Å². The summed E-state index contributed by atoms with van der Waals surface area (Å²) in [7, 11) is 0. The summed E-state index contributed by atoms with van der Waals surface area (Å²) in [4.78, 5) is 0. The molecule has 2 aliphatic rings. The van der Waals surface area contributed by atoms with Crippen LogP contribution in [0.15, 0.2) is 0 Å². The fourth-order valence-corrected chi connectivity index (χ4v) is 3.00. The van der Waals surface area contributed by atoms with Crippen molar-refractivity contribution in [1.82, 2.24) is 0 Å². The summed E-state index contributed by atoms with van der Waals surface area (Å²) in [5.41, 5.74) is 5.96. The van der Waals surface area contributed by atoms with Crippen molar-refractivity contribution in [3.63, 3.8) is 0 Å². The Morgan fingerprint density at radius 3 is 2.46 bits per heavy atom. The molecular weight excluding hydrogens is 162 g/mol. The van der Waals surface area contributed by atoms with E-state index in [1.807, 2.05) is 0 Å². The van der Waals surface area contributed by atoms with Gasteiger partial charge in [-0.15, -0.1) is 0 Å². The minimum atomic E-state index is 0.0837. The Morgan fingerprint density at radius 2 is 1.92 bits per heavy atom. The first kappa shape index (κ1) is 9.47. The van der Waals surface area contributed by atoms with Gasteiger partial charge in [-0.3, -0.25) is 0 Å². The smallest absolute Gasteiger partial charge is 0.0832 e. The SMILES string of the molecule is NCC1(C2CCCCC2)CCCO1. The molecule has 1 unspecified atom stereocenters. The molecule has 1 saturated heterocycles. The van der Waals surface area contributed by atoms with Gasteiger partial charge in [0.1, 0.15) is 0 Å². The first-order valence-corrected chi connectivity index (χ1v) is 5.71. The second-order valence-corrected chi connectivity index (χ2v) is 4.56. The quantitative estimate of drug-likeness (QED) is 0.711. The third kappa shape index (κ3) is 1.75. The first-order chi connectivity index (χ1) is 6.37. The summed E-state index contributed by atoms with van der Waals surface area (Å²) in [6.07, 6.45) is 9.29. The Labute approximate surface area is 80.8 Å². The summed E-state index contributed by atoms with van der Waals surface area (Å²) in [6.45, 7) is 1.67. The summed E-state index contributed by atoms with van der Waals surface area (Å²) in [5, 5.41) is 0. The van der Waals surface area contributed by atoms with E-state index in [4.69, 9.17) is 10.5 Å². The maximum absolute atomic E-state index is 5.90. The van der Waals surface area contributed by atoms with Crippen molar-refractivity contribution in [3.05, 3.63) is 0 Å². The van der Waals surface area contributed by atoms with E-state index >= 15 is 0 Å². The van der Waals surface area contributed by atoms with Crippen LogP contribution >= 0.6 is 0 Å². The van der Waals surface area contributed by atoms with Crippen molar-refractivity contribution in [2.24, 2.45) is 11.7 Å². The third-order valence-corrected chi connectivity index (χ3v) is 3.83. The molecule has 0 radical (unpaired) electrons. The Balaban J connectivity index is 2.01. The highest BCUT2D eigenvalue weighted by Gasteiger charge is 2.41. The number of nitrogens with two attached hydrogens (primary N) is 1. The Morgan fingerprint density at radius 1 is 1.15 bits per heavy atom. The molecule has 0 aromatic rings. The van der Waals surface area contributed by atoms with E-state index < -0.39 is 0 Å². The molecule has 76 valence electrons. The van der Waals surface area contributed by atoms with Gasteiger partial charge in [0.15, 0.2) is 0 Å². The number of rotatable bonds is 2. The molecule has 13 heavy (non-hydrogen) atoms. The fourth-order valence-electron chi connectivity index (χ4n) is 3.00. The van der Waals surface area contributed by atoms with Gasteiger partial charge in [-0.1, -0.05) is 19.3 Å². The molecule has 2 fully saturated rings. The maximum atomic E-state index is 5.90. The van der Waals surface area contributed by atoms with Crippen LogP contribution in [-0.2, 0) is 4.74 Å². The lowest BCUT2D eigenvalue weighted by molar-refractivity contribution is -0.0482. The Kier molecular flexibility index (Phi) is 2.89. The molecule has 1 aliphatic heterocycles. The lowest BCUT2D eigenvalue weighted by Gasteiger charge is -2.38. The topological polar surface area (TPSA) is 35.2 Å². The Hall–Kier alpha value is -0.0800. The van der Waals surface area contributed by atoms with Crippen LogP contribution in [0.5, 0.6) is 0 Å². The number of hydrogen-bond acceptors (Lipinski definition) is 2. The highest BCUT2D eigenvalue weighted by atomic mass is 16.5. The van der Waals surface area contributed by atoms with E-state index in [1.165, 1.54) is 44.9 Å². The molecule has 2 rings (SSSR count). The van der Waals surface area contributed by atoms with Gasteiger partial charge >= 0.3 is 0 Å². The second-order valence-electron chi connectivity index (χ2n) is 4.56. The van der Waals surface area contributed by atoms with Gasteiger partial charge in [0.05, 0.1) is 5.60 Å². The second kappa shape index (κ2) is 3.97. The zero-order valence-electron chi connectivity index (χ0n) is 8.43. The predicted molar refractivity (Wildman–Crippen MR) is 53.5 cm³/mol. The third-order valence-electron chi connectivity index (χ3n) is 3.83. The molecule has 1 atom stereocenters. The molecule has 0 aromatic carbocycles. The standard InChI is InChI=1S/C11H21NO/c12-9-11(7-4-8-13-11)10-5-2-1-3-6-10/h10H,1-9,12H2. The van der Waals surface area contributed by atoms with Gasteiger partial charge in [0.2, 0.25) is 0 Å². The molecule has 0 aromatic heterocycles. The lowest BCUT2D eigenvalue weighted by Crippen LogP contribution is -2.45. The summed E-state index contributed by atoms with van der Waals surface area (Å²) >= 11 is 0. The first-order valence-electron chi connectivity index (χ1n) is 5.71. The van der Waals surface area contributed by atoms with Crippen molar-refractivity contribution in [1.29, 1.82) is 0 Å². The van der Waals surface area contributed by atoms with Crippen molar-refractivity contribution < 1.29 is 4.74 Å². The normalized spacial score (nSPS) is 36.7. The molecule has 1 heterocycles. The minimum Gasteiger partial charge on any atom is -0.373 e. The molecule has 0 amide bonds. The van der Waals surface area contributed by atoms with Crippen LogP contribution in [-0.4, -0.2) is 18.8 Å². The molecule has 2 N–H and O–H groups in total. The van der Waals surface area contributed by atoms with Crippen molar-refractivity contribution >= 4 is 0 Å². The van der Waals surface area contributed by atoms with Crippen molar-refractivity contribution in [2.45, 2.75) is 50.5 Å². The average Bonchev–Trinajstić information content (AvgIpc) is 2.69. The fraction of sp³-hybridized carbons (Fsp3) is 1.00. The van der Waals surface area contributed by atoms with Crippen LogP contribution in [0.1, 0.15) is 44.9 Å². The van der Waals surface area contributed by atoms with Crippen LogP contribution in [0.4, 0.5) is 0 Å². The zero-order chi connectivity index (χ0) is 9.15. The zero-order valence-corrected chi connectivity index (χ0v) is 8.43. The molecule has 1 saturated carbocycles. The van der Waals surface area contributed by atoms with E-state index in [1.54, 1.807) is 0 Å². The summed E-state index contributed by atoms with van der Waals surface area (Å²) in [6, 6.07) is 0. The molecule has 2 heteroatoms. The van der Waals surface area contributed by atoms with Gasteiger partial charge in [-0.25, -0.2) is 0 Å². The Bertz CT molecular complexity index is 157. The van der Waals surface area contributed by atoms with Crippen LogP contribution in [0.3, 0.4) is 0 Å². The van der Waals surface area contributed by atoms with Crippen LogP contribution in [0.2, 0.25) is 0 Å². The van der Waals surface area contributed by atoms with Crippen LogP contribution in [0, 0.1) is 5.92 Å². The van der Waals surface area contributed by atoms with E-state index in [2.05, 4.69) is 0 Å². The summed E-state index contributed by atoms with van der Waals surface area (Å²) < 4.78 is 5.90. The highest BCUT2D eigenvalue weighted by molar-refractivity contribution is 4.93. The molecule has 0 bridgehead atoms. The highest BCUT2D eigenvalue weighted by Crippen LogP contribution is 2.40. The van der Waals surface area contributed by atoms with E-state index in [9.17, 15) is 0 Å². The molecule has 0 spiro atoms. The van der Waals surface area contributed by atoms with Crippen LogP contribution < -0.4 is 5.73 Å². The lowest BCUT2D eigenvalue weighted by atomic mass is 9.75. The van der Waals surface area contributed by atoms with Crippen molar-refractivity contribution in [3.8, 4) is 0 Å². The minimum absolute atomic E-state index is 0.0837. The molecule has 1 aliphatic carbocycles. The van der Waals surface area contributed by atoms with E-state index in [0.29, 0.717) is 0 Å². The van der Waals surface area contributed by atoms with Gasteiger partial charge in [-0.05, 0) is 31.6 Å². The summed E-state index contributed by atoms with van der Waals surface area (Å²) in [5.74, 6) is 0.758. The van der Waals surface area contributed by atoms with Gasteiger partial charge < -0.3 is 10.5 Å². The van der Waals surface area contributed by atoms with Gasteiger partial charge in [0.25, 0.3) is 0 Å². The van der Waals surface area contributed by atoms with Gasteiger partial charge in [-0.2, -0.15) is 0 Å². The van der Waals surface area contributed by atoms with E-state index in [0.717, 1.165) is 19.1 Å². The molecular formula is C11H21NO. The van der Waals surface area contributed by atoms with Gasteiger partial charge in [0, 0.05) is 13.2 Å². The monoisotopic (exact) mass is 183 g/mol. The van der Waals surface area contributed by atoms with Crippen LogP contribution in [0.25, 0.3) is 0 Å². The number of ether oxygens (including phenoxy) is 1. The largest absolute Gasteiger partial charge is 0.373 e. The number of hydrogen-bond donors (Lipinski definition) is 1. The average molecular weight is 183 g/mol. The maximum Gasteiger partial charge on any atom is 0.0832 e. The van der Waals surface area contributed by atoms with E-state index in [-0.39, 0.29) is 5.60 Å².